The molecule has 2 N–H and O–H groups in total. The first-order chi connectivity index (χ1) is 4.16. The van der Waals surface area contributed by atoms with Crippen molar-refractivity contribution in [2.24, 2.45) is 0 Å². The maximum Gasteiger partial charge on any atom is 0.367 e. The smallest absolute Gasteiger partial charge is 0.271 e. The van der Waals surface area contributed by atoms with Crippen LogP contribution in [0.4, 0.5) is 0 Å². The lowest BCUT2D eigenvalue weighted by atomic mass is 10.7. The van der Waals surface area contributed by atoms with Crippen LogP contribution in [-0.4, -0.2) is 21.8 Å². The van der Waals surface area contributed by atoms with E-state index in [1.807, 2.05) is 0 Å². The highest BCUT2D eigenvalue weighted by molar-refractivity contribution is 5.80. The summed E-state index contributed by atoms with van der Waals surface area (Å²) in [5, 5.41) is 14.8. The number of carbonyl (C=O) groups excluding carboxylic acids is 1. The van der Waals surface area contributed by atoms with Crippen molar-refractivity contribution in [2.75, 3.05) is 0 Å². The summed E-state index contributed by atoms with van der Waals surface area (Å²) in [5.41, 5.74) is 0. The average molecular weight is 135 g/mol. The Hall–Kier alpha value is -0.950. The molecule has 6 nitrogen and oxygen atoms in total. The molecule has 0 radical (unpaired) electrons. The molecule has 0 aliphatic carbocycles. The Bertz CT molecular complexity index is 111. The molecule has 0 aromatic heterocycles. The molecule has 0 aliphatic rings. The van der Waals surface area contributed by atoms with Crippen molar-refractivity contribution in [3.63, 3.8) is 0 Å². The third kappa shape index (κ3) is 4.91. The molecule has 0 saturated heterocycles. The molecule has 0 saturated carbocycles. The van der Waals surface area contributed by atoms with Crippen LogP contribution in [0.1, 0.15) is 0 Å². The van der Waals surface area contributed by atoms with E-state index in [0.29, 0.717) is 0 Å². The van der Waals surface area contributed by atoms with Gasteiger partial charge in [0.15, 0.2) is 0 Å². The van der Waals surface area contributed by atoms with E-state index in [9.17, 15) is 4.79 Å². The summed E-state index contributed by atoms with van der Waals surface area (Å²) in [4.78, 5) is 17.0. The van der Waals surface area contributed by atoms with Crippen molar-refractivity contribution in [3.05, 3.63) is 12.7 Å². The lowest BCUT2D eigenvalue weighted by Gasteiger charge is -2.00. The fourth-order valence-electron chi connectivity index (χ4n) is 0.104. The first kappa shape index (κ1) is 8.05. The van der Waals surface area contributed by atoms with Gasteiger partial charge in [-0.2, -0.15) is 0 Å². The molecule has 0 fully saturated rings. The van der Waals surface area contributed by atoms with Crippen molar-refractivity contribution in [2.45, 2.75) is 0 Å². The summed E-state index contributed by atoms with van der Waals surface area (Å²) >= 11 is 0. The molecule has 0 aromatic carbocycles. The van der Waals surface area contributed by atoms with Crippen LogP contribution in [0.25, 0.3) is 0 Å². The number of rotatable bonds is 3. The second-order valence-corrected chi connectivity index (χ2v) is 0.934. The van der Waals surface area contributed by atoms with Crippen molar-refractivity contribution in [1.29, 1.82) is 0 Å². The quantitative estimate of drug-likeness (QED) is 0.312. The number of carbonyl (C=O) groups is 1. The van der Waals surface area contributed by atoms with E-state index < -0.39 is 11.4 Å². The molecule has 0 aromatic rings. The van der Waals surface area contributed by atoms with Crippen LogP contribution < -0.4 is 0 Å². The largest absolute Gasteiger partial charge is 0.367 e. The minimum Gasteiger partial charge on any atom is -0.271 e. The molecule has 0 heterocycles. The Morgan fingerprint density at radius 3 is 2.56 bits per heavy atom. The van der Waals surface area contributed by atoms with E-state index in [2.05, 4.69) is 16.5 Å². The Labute approximate surface area is 50.3 Å². The molecule has 0 spiro atoms. The first-order valence-electron chi connectivity index (χ1n) is 1.85. The maximum atomic E-state index is 10.0. The third-order valence-corrected chi connectivity index (χ3v) is 0.353. The summed E-state index contributed by atoms with van der Waals surface area (Å²) in [6, 6.07) is 0. The Kier molecular flexibility index (Phi) is 3.56. The Morgan fingerprint density at radius 2 is 2.22 bits per heavy atom. The Balaban J connectivity index is 3.27. The van der Waals surface area contributed by atoms with Crippen LogP contribution in [0.5, 0.6) is 0 Å². The molecule has 0 rings (SSSR count). The van der Waals surface area contributed by atoms with Gasteiger partial charge in [-0.3, -0.25) is 15.3 Å². The molecule has 0 atom stereocenters. The molecule has 0 bridgehead atoms. The number of nitrogens with zero attached hydrogens (tertiary/aromatic N) is 1. The molecule has 52 valence electrons. The SMILES string of the molecule is C=CC(=O)OON(O)O. The fourth-order valence-corrected chi connectivity index (χ4v) is 0.104. The zero-order valence-corrected chi connectivity index (χ0v) is 4.35. The second kappa shape index (κ2) is 3.98. The summed E-state index contributed by atoms with van der Waals surface area (Å²) < 4.78 is 0. The normalized spacial score (nSPS) is 9.22. The van der Waals surface area contributed by atoms with Crippen LogP contribution in [-0.2, 0) is 14.7 Å². The molecule has 0 amide bonds. The predicted molar refractivity (Wildman–Crippen MR) is 22.8 cm³/mol. The summed E-state index contributed by atoms with van der Waals surface area (Å²) in [6.45, 7) is 3.00. The minimum absolute atomic E-state index is 0.749. The predicted octanol–water partition coefficient (Wildman–Crippen LogP) is -0.357. The van der Waals surface area contributed by atoms with Crippen LogP contribution >= 0.6 is 0 Å². The van der Waals surface area contributed by atoms with Gasteiger partial charge in [-0.15, -0.1) is 0 Å². The van der Waals surface area contributed by atoms with Crippen LogP contribution in [0, 0.1) is 0 Å². The zero-order valence-electron chi connectivity index (χ0n) is 4.35. The molecule has 6 heteroatoms. The van der Waals surface area contributed by atoms with Gasteiger partial charge in [0.25, 0.3) is 0 Å². The van der Waals surface area contributed by atoms with Crippen LogP contribution in [0.15, 0.2) is 12.7 Å². The first-order valence-corrected chi connectivity index (χ1v) is 1.85. The second-order valence-electron chi connectivity index (χ2n) is 0.934. The van der Waals surface area contributed by atoms with Gasteiger partial charge < -0.3 is 0 Å². The lowest BCUT2D eigenvalue weighted by Crippen LogP contribution is -2.16. The van der Waals surface area contributed by atoms with Gasteiger partial charge in [0.05, 0.1) is 0 Å². The van der Waals surface area contributed by atoms with Crippen LogP contribution in [0.2, 0.25) is 0 Å². The highest BCUT2D eigenvalue weighted by atomic mass is 17.4. The monoisotopic (exact) mass is 135 g/mol. The minimum atomic E-state index is -0.928. The highest BCUT2D eigenvalue weighted by Gasteiger charge is 1.99. The van der Waals surface area contributed by atoms with E-state index in [1.165, 1.54) is 0 Å². The van der Waals surface area contributed by atoms with Gasteiger partial charge in [0.1, 0.15) is 5.39 Å². The van der Waals surface area contributed by atoms with Crippen molar-refractivity contribution in [3.8, 4) is 0 Å². The van der Waals surface area contributed by atoms with Gasteiger partial charge in [0, 0.05) is 6.08 Å². The topological polar surface area (TPSA) is 79.2 Å². The zero-order chi connectivity index (χ0) is 7.28. The lowest BCUT2D eigenvalue weighted by molar-refractivity contribution is -0.589. The fraction of sp³-hybridized carbons (Fsp3) is 0. The molecule has 0 unspecified atom stereocenters. The van der Waals surface area contributed by atoms with Gasteiger partial charge >= 0.3 is 5.97 Å². The van der Waals surface area contributed by atoms with Gasteiger partial charge in [-0.05, 0) is 4.99 Å². The highest BCUT2D eigenvalue weighted by Crippen LogP contribution is 1.82. The Morgan fingerprint density at radius 1 is 1.67 bits per heavy atom. The van der Waals surface area contributed by atoms with Crippen molar-refractivity contribution < 1.29 is 25.1 Å². The van der Waals surface area contributed by atoms with E-state index in [1.54, 1.807) is 0 Å². The van der Waals surface area contributed by atoms with Gasteiger partial charge in [0.2, 0.25) is 0 Å². The number of hydrogen-bond donors (Lipinski definition) is 2. The van der Waals surface area contributed by atoms with E-state index in [-0.39, 0.29) is 0 Å². The van der Waals surface area contributed by atoms with Crippen LogP contribution in [0.3, 0.4) is 0 Å². The summed E-state index contributed by atoms with van der Waals surface area (Å²) in [5.74, 6) is -0.928. The average Bonchev–Trinajstić information content (AvgIpc) is 1.83. The summed E-state index contributed by atoms with van der Waals surface area (Å²) in [6.07, 6.45) is 0.795. The standard InChI is InChI=1S/C3H5NO5/c1-2-3(5)8-9-4(6)7/h2,6-7H,1H2. The molecular formula is C3H5NO5. The number of hydrogen-bond acceptors (Lipinski definition) is 6. The van der Waals surface area contributed by atoms with Gasteiger partial charge in [-0.1, -0.05) is 6.58 Å². The maximum absolute atomic E-state index is 10.0. The van der Waals surface area contributed by atoms with E-state index >= 15 is 0 Å². The molecule has 9 heavy (non-hydrogen) atoms. The van der Waals surface area contributed by atoms with Crippen molar-refractivity contribution >= 4 is 5.97 Å². The molecular weight excluding hydrogens is 130 g/mol. The van der Waals surface area contributed by atoms with E-state index in [0.717, 1.165) is 6.08 Å². The van der Waals surface area contributed by atoms with Crippen molar-refractivity contribution in [1.82, 2.24) is 5.39 Å². The van der Waals surface area contributed by atoms with Gasteiger partial charge in [-0.25, -0.2) is 4.79 Å². The molecule has 0 aliphatic heterocycles. The van der Waals surface area contributed by atoms with E-state index in [4.69, 9.17) is 10.4 Å². The summed E-state index contributed by atoms with van der Waals surface area (Å²) in [7, 11) is 0. The third-order valence-electron chi connectivity index (χ3n) is 0.353.